The van der Waals surface area contributed by atoms with Crippen molar-refractivity contribution in [1.82, 2.24) is 19.5 Å². The molecule has 23 heavy (non-hydrogen) atoms. The molecule has 4 atom stereocenters. The molecule has 1 fully saturated rings. The number of ether oxygens (including phenoxy) is 1. The number of aromatic nitrogens is 4. The first-order chi connectivity index (χ1) is 10.8. The summed E-state index contributed by atoms with van der Waals surface area (Å²) >= 11 is 0. The smallest absolute Gasteiger partial charge is 0.387 e. The van der Waals surface area contributed by atoms with Crippen LogP contribution in [0.4, 0.5) is 5.82 Å². The number of hydrogen-bond acceptors (Lipinski definition) is 9. The zero-order valence-corrected chi connectivity index (χ0v) is 12.4. The Labute approximate surface area is 128 Å². The normalized spacial score (nSPS) is 28.5. The van der Waals surface area contributed by atoms with Crippen LogP contribution in [0.3, 0.4) is 0 Å². The molecule has 3 heterocycles. The first-order valence-corrected chi connectivity index (χ1v) is 7.95. The molecule has 0 bridgehead atoms. The van der Waals surface area contributed by atoms with E-state index in [0.29, 0.717) is 5.52 Å². The van der Waals surface area contributed by atoms with Crippen molar-refractivity contribution in [2.24, 2.45) is 0 Å². The van der Waals surface area contributed by atoms with Crippen molar-refractivity contribution < 1.29 is 33.8 Å². The number of aliphatic hydroxyl groups is 2. The lowest BCUT2D eigenvalue weighted by molar-refractivity contribution is -0.0504. The van der Waals surface area contributed by atoms with Crippen LogP contribution in [-0.4, -0.2) is 64.4 Å². The summed E-state index contributed by atoms with van der Waals surface area (Å²) in [7, 11) is -4.72. The molecular weight excluding hydrogens is 333 g/mol. The average molecular weight is 347 g/mol. The number of fused-ring (bicyclic) bond motifs is 1. The van der Waals surface area contributed by atoms with Crippen LogP contribution in [0.25, 0.3) is 11.2 Å². The number of phosphoric acid groups is 1. The molecule has 0 amide bonds. The molecule has 12 nitrogen and oxygen atoms in total. The van der Waals surface area contributed by atoms with Crippen LogP contribution in [-0.2, 0) is 13.8 Å². The second-order valence-corrected chi connectivity index (χ2v) is 6.15. The Kier molecular flexibility index (Phi) is 4.06. The van der Waals surface area contributed by atoms with Crippen LogP contribution in [0.1, 0.15) is 6.23 Å². The minimum atomic E-state index is -4.72. The van der Waals surface area contributed by atoms with Gasteiger partial charge in [0, 0.05) is 0 Å². The Bertz CT molecular complexity index is 763. The Balaban J connectivity index is 1.85. The highest BCUT2D eigenvalue weighted by atomic mass is 31.2. The summed E-state index contributed by atoms with van der Waals surface area (Å²) in [6.45, 7) is -0.594. The molecule has 1 aliphatic rings. The van der Waals surface area contributed by atoms with Gasteiger partial charge in [-0.3, -0.25) is 9.09 Å². The molecule has 2 aromatic heterocycles. The summed E-state index contributed by atoms with van der Waals surface area (Å²) in [6, 6.07) is 0. The predicted molar refractivity (Wildman–Crippen MR) is 73.7 cm³/mol. The van der Waals surface area contributed by atoms with Gasteiger partial charge in [0.1, 0.15) is 30.2 Å². The van der Waals surface area contributed by atoms with Crippen molar-refractivity contribution >= 4 is 24.8 Å². The van der Waals surface area contributed by atoms with Crippen molar-refractivity contribution in [2.75, 3.05) is 12.3 Å². The van der Waals surface area contributed by atoms with Gasteiger partial charge in [0.25, 0.3) is 0 Å². The molecule has 0 aromatic carbocycles. The predicted octanol–water partition coefficient (Wildman–Crippen LogP) is -1.86. The lowest BCUT2D eigenvalue weighted by Gasteiger charge is -2.16. The van der Waals surface area contributed by atoms with Gasteiger partial charge >= 0.3 is 7.82 Å². The molecular formula is C10H14N5O7P. The molecule has 0 spiro atoms. The second-order valence-electron chi connectivity index (χ2n) is 4.92. The first kappa shape index (κ1) is 16.2. The summed E-state index contributed by atoms with van der Waals surface area (Å²) in [6.07, 6.45) is -2.49. The third-order valence-electron chi connectivity index (χ3n) is 3.41. The summed E-state index contributed by atoms with van der Waals surface area (Å²) < 4.78 is 21.8. The number of anilines is 1. The molecule has 0 aliphatic carbocycles. The maximum Gasteiger partial charge on any atom is 0.469 e. The fourth-order valence-corrected chi connectivity index (χ4v) is 2.66. The van der Waals surface area contributed by atoms with Crippen molar-refractivity contribution in [3.05, 3.63) is 12.7 Å². The molecule has 6 N–H and O–H groups in total. The molecule has 0 radical (unpaired) electrons. The minimum Gasteiger partial charge on any atom is -0.387 e. The highest BCUT2D eigenvalue weighted by Gasteiger charge is 2.45. The van der Waals surface area contributed by atoms with Gasteiger partial charge < -0.3 is 30.5 Å². The number of nitrogens with zero attached hydrogens (tertiary/aromatic N) is 4. The Morgan fingerprint density at radius 3 is 2.74 bits per heavy atom. The van der Waals surface area contributed by atoms with E-state index in [2.05, 4.69) is 19.5 Å². The molecule has 1 aliphatic heterocycles. The fraction of sp³-hybridized carbons (Fsp3) is 0.500. The van der Waals surface area contributed by atoms with Gasteiger partial charge in [0.2, 0.25) is 0 Å². The molecule has 13 heteroatoms. The number of hydrogen-bond donors (Lipinski definition) is 5. The summed E-state index contributed by atoms with van der Waals surface area (Å²) in [5.41, 5.74) is 6.25. The van der Waals surface area contributed by atoms with Crippen LogP contribution in [0.2, 0.25) is 0 Å². The average Bonchev–Trinajstić information content (AvgIpc) is 3.01. The van der Waals surface area contributed by atoms with Gasteiger partial charge in [-0.2, -0.15) is 0 Å². The first-order valence-electron chi connectivity index (χ1n) is 6.42. The highest BCUT2D eigenvalue weighted by molar-refractivity contribution is 7.46. The third-order valence-corrected chi connectivity index (χ3v) is 3.89. The Hall–Kier alpha value is -1.66. The van der Waals surface area contributed by atoms with Crippen LogP contribution >= 0.6 is 7.82 Å². The maximum absolute atomic E-state index is 10.7. The third kappa shape index (κ3) is 3.05. The van der Waals surface area contributed by atoms with E-state index in [1.54, 1.807) is 0 Å². The highest BCUT2D eigenvalue weighted by Crippen LogP contribution is 2.38. The van der Waals surface area contributed by atoms with Crippen molar-refractivity contribution in [3.8, 4) is 0 Å². The van der Waals surface area contributed by atoms with Crippen LogP contribution < -0.4 is 5.73 Å². The van der Waals surface area contributed by atoms with Gasteiger partial charge in [-0.25, -0.2) is 19.5 Å². The topological polar surface area (TPSA) is 186 Å². The monoisotopic (exact) mass is 347 g/mol. The lowest BCUT2D eigenvalue weighted by atomic mass is 10.1. The summed E-state index contributed by atoms with van der Waals surface area (Å²) in [5.74, 6) is 0.142. The van der Waals surface area contributed by atoms with E-state index >= 15 is 0 Å². The maximum atomic E-state index is 10.7. The van der Waals surface area contributed by atoms with Crippen molar-refractivity contribution in [2.45, 2.75) is 24.5 Å². The molecule has 3 rings (SSSR count). The molecule has 1 unspecified atom stereocenters. The zero-order valence-electron chi connectivity index (χ0n) is 11.5. The Morgan fingerprint density at radius 2 is 2.04 bits per heavy atom. The van der Waals surface area contributed by atoms with E-state index in [9.17, 15) is 14.8 Å². The molecule has 1 saturated heterocycles. The zero-order chi connectivity index (χ0) is 16.8. The van der Waals surface area contributed by atoms with Crippen LogP contribution in [0, 0.1) is 0 Å². The standard InChI is InChI=1S/C10H14N5O7P/c11-8-5-9(13-2-12-8)15(3-14-5)10-7(17)6(16)4(22-10)1-21-23(18,19)20/h2-4,6-7,10,16-17H,1H2,(H2,11,12,13)(H2,18,19,20)/t4-,6+,7+,10?/m1/s1. The van der Waals surface area contributed by atoms with E-state index in [0.717, 1.165) is 0 Å². The Morgan fingerprint density at radius 1 is 1.30 bits per heavy atom. The molecule has 0 saturated carbocycles. The van der Waals surface area contributed by atoms with E-state index in [-0.39, 0.29) is 11.5 Å². The van der Waals surface area contributed by atoms with E-state index in [1.165, 1.54) is 17.2 Å². The number of rotatable bonds is 4. The van der Waals surface area contributed by atoms with Gasteiger partial charge in [-0.15, -0.1) is 0 Å². The van der Waals surface area contributed by atoms with Crippen molar-refractivity contribution in [1.29, 1.82) is 0 Å². The largest absolute Gasteiger partial charge is 0.469 e. The minimum absolute atomic E-state index is 0.142. The van der Waals surface area contributed by atoms with E-state index < -0.39 is 39.0 Å². The number of nitrogen functional groups attached to an aromatic ring is 1. The quantitative estimate of drug-likeness (QED) is 0.390. The number of imidazole rings is 1. The number of aliphatic hydroxyl groups excluding tert-OH is 2. The fourth-order valence-electron chi connectivity index (χ4n) is 2.32. The number of nitrogens with two attached hydrogens (primary N) is 1. The van der Waals surface area contributed by atoms with Gasteiger partial charge in [-0.1, -0.05) is 0 Å². The van der Waals surface area contributed by atoms with Gasteiger partial charge in [-0.05, 0) is 0 Å². The van der Waals surface area contributed by atoms with E-state index in [4.69, 9.17) is 20.3 Å². The van der Waals surface area contributed by atoms with Gasteiger partial charge in [0.05, 0.1) is 12.9 Å². The lowest BCUT2D eigenvalue weighted by Crippen LogP contribution is -2.33. The van der Waals surface area contributed by atoms with Crippen molar-refractivity contribution in [3.63, 3.8) is 0 Å². The van der Waals surface area contributed by atoms with Gasteiger partial charge in [0.15, 0.2) is 17.7 Å². The molecule has 2 aromatic rings. The summed E-state index contributed by atoms with van der Waals surface area (Å²) in [4.78, 5) is 29.2. The van der Waals surface area contributed by atoms with Crippen LogP contribution in [0.15, 0.2) is 12.7 Å². The molecule has 126 valence electrons. The SMILES string of the molecule is Nc1ncnc2c1ncn2C1O[C@H](COP(=O)(O)O)[C@H](O)[C@@H]1O. The van der Waals surface area contributed by atoms with E-state index in [1.807, 2.05) is 0 Å². The number of phosphoric ester groups is 1. The van der Waals surface area contributed by atoms with Crippen LogP contribution in [0.5, 0.6) is 0 Å². The summed E-state index contributed by atoms with van der Waals surface area (Å²) in [5, 5.41) is 20.1. The second kappa shape index (κ2) is 5.76.